The lowest BCUT2D eigenvalue weighted by Gasteiger charge is -2.35. The van der Waals surface area contributed by atoms with E-state index in [1.54, 1.807) is 30.3 Å². The highest BCUT2D eigenvalue weighted by Gasteiger charge is 2.34. The van der Waals surface area contributed by atoms with Gasteiger partial charge in [-0.05, 0) is 78.2 Å². The molecule has 0 aliphatic carbocycles. The van der Waals surface area contributed by atoms with Gasteiger partial charge in [-0.2, -0.15) is 4.31 Å². The van der Waals surface area contributed by atoms with Crippen LogP contribution in [0.1, 0.15) is 21.5 Å². The van der Waals surface area contributed by atoms with Crippen molar-refractivity contribution in [2.45, 2.75) is 17.9 Å². The maximum absolute atomic E-state index is 13.4. The molecule has 1 N–H and O–H groups in total. The first-order valence-corrected chi connectivity index (χ1v) is 14.4. The molecule has 0 aromatic heterocycles. The third-order valence-corrected chi connectivity index (χ3v) is 9.81. The minimum Gasteiger partial charge on any atom is -0.369 e. The Morgan fingerprint density at radius 1 is 0.842 bits per heavy atom. The Bertz CT molecular complexity index is 1550. The van der Waals surface area contributed by atoms with E-state index in [0.29, 0.717) is 49.0 Å². The van der Waals surface area contributed by atoms with E-state index < -0.39 is 21.7 Å². The van der Waals surface area contributed by atoms with Crippen LogP contribution in [0.25, 0.3) is 11.1 Å². The van der Waals surface area contributed by atoms with Gasteiger partial charge in [-0.15, -0.1) is 0 Å². The van der Waals surface area contributed by atoms with E-state index >= 15 is 0 Å². The van der Waals surface area contributed by atoms with E-state index in [2.05, 4.69) is 15.1 Å². The number of Topliss-reactive ketones (excluding diaryl/α,β-unsaturated/α-hetero) is 1. The largest absolute Gasteiger partial charge is 0.369 e. The van der Waals surface area contributed by atoms with Crippen LogP contribution in [-0.4, -0.2) is 69.1 Å². The van der Waals surface area contributed by atoms with Gasteiger partial charge in [0, 0.05) is 50.0 Å². The smallest absolute Gasteiger partial charge is 0.296 e. The average Bonchev–Trinajstić information content (AvgIpc) is 3.22. The summed E-state index contributed by atoms with van der Waals surface area (Å²) in [5.41, 5.74) is 5.77. The van der Waals surface area contributed by atoms with Crippen LogP contribution in [0.5, 0.6) is 0 Å². The summed E-state index contributed by atoms with van der Waals surface area (Å²) in [4.78, 5) is 29.2. The van der Waals surface area contributed by atoms with Gasteiger partial charge < -0.3 is 15.1 Å². The maximum Gasteiger partial charge on any atom is 0.296 e. The van der Waals surface area contributed by atoms with Crippen LogP contribution in [0.15, 0.2) is 59.5 Å². The Hall–Kier alpha value is -3.24. The number of nitrogens with zero attached hydrogens (tertiary/aromatic N) is 3. The zero-order valence-corrected chi connectivity index (χ0v) is 22.5. The van der Waals surface area contributed by atoms with Gasteiger partial charge in [0.1, 0.15) is 0 Å². The monoisotopic (exact) mass is 550 g/mol. The van der Waals surface area contributed by atoms with Gasteiger partial charge in [-0.1, -0.05) is 23.7 Å². The lowest BCUT2D eigenvalue weighted by molar-refractivity contribution is -0.112. The maximum atomic E-state index is 13.4. The summed E-state index contributed by atoms with van der Waals surface area (Å²) < 4.78 is 28.4. The van der Waals surface area contributed by atoms with Crippen LogP contribution >= 0.6 is 11.6 Å². The SMILES string of the molecule is CN1CCc2c(-c3ccc(S(=O)(=O)N4CCN(c5ccc(Cl)cc5)CC4)cc3)cc3c(c2C1)NC(=O)C3=O. The van der Waals surface area contributed by atoms with E-state index in [0.717, 1.165) is 40.9 Å². The fraction of sp³-hybridized carbons (Fsp3) is 0.286. The number of likely N-dealkylation sites (N-methyl/N-ethyl adjacent to an activating group) is 1. The minimum atomic E-state index is -3.65. The molecule has 0 spiro atoms. The summed E-state index contributed by atoms with van der Waals surface area (Å²) in [5.74, 6) is -1.14. The van der Waals surface area contributed by atoms with E-state index in [9.17, 15) is 18.0 Å². The third kappa shape index (κ3) is 4.29. The molecule has 196 valence electrons. The number of carbonyl (C=O) groups excluding carboxylic acids is 2. The number of rotatable bonds is 4. The predicted molar refractivity (Wildman–Crippen MR) is 147 cm³/mol. The molecule has 3 aromatic carbocycles. The number of piperazine rings is 1. The fourth-order valence-electron chi connectivity index (χ4n) is 5.56. The second kappa shape index (κ2) is 9.50. The van der Waals surface area contributed by atoms with Crippen molar-refractivity contribution < 1.29 is 18.0 Å². The first-order chi connectivity index (χ1) is 18.2. The number of fused-ring (bicyclic) bond motifs is 3. The Balaban J connectivity index is 1.25. The Labute approximate surface area is 226 Å². The molecule has 0 bridgehead atoms. The molecule has 3 heterocycles. The number of hydrogen-bond donors (Lipinski definition) is 1. The summed E-state index contributed by atoms with van der Waals surface area (Å²) >= 11 is 5.99. The van der Waals surface area contributed by atoms with Crippen LogP contribution < -0.4 is 10.2 Å². The van der Waals surface area contributed by atoms with Crippen LogP contribution in [0, 0.1) is 0 Å². The van der Waals surface area contributed by atoms with Crippen LogP contribution in [0.2, 0.25) is 5.02 Å². The molecule has 6 rings (SSSR count). The first kappa shape index (κ1) is 25.1. The van der Waals surface area contributed by atoms with Crippen molar-refractivity contribution in [1.82, 2.24) is 9.21 Å². The molecule has 0 unspecified atom stereocenters. The molecule has 3 aromatic rings. The highest BCUT2D eigenvalue weighted by Crippen LogP contribution is 2.40. The van der Waals surface area contributed by atoms with Gasteiger partial charge in [0.15, 0.2) is 0 Å². The number of amides is 1. The second-order valence-corrected chi connectivity index (χ2v) is 12.3. The molecule has 38 heavy (non-hydrogen) atoms. The number of halogens is 1. The van der Waals surface area contributed by atoms with E-state index in [1.807, 2.05) is 31.3 Å². The third-order valence-electron chi connectivity index (χ3n) is 7.64. The van der Waals surface area contributed by atoms with E-state index in [4.69, 9.17) is 11.6 Å². The number of ketones is 1. The summed E-state index contributed by atoms with van der Waals surface area (Å²) in [6.45, 7) is 3.46. The molecule has 3 aliphatic rings. The van der Waals surface area contributed by atoms with Crippen molar-refractivity contribution in [2.75, 3.05) is 50.0 Å². The summed E-state index contributed by atoms with van der Waals surface area (Å²) in [7, 11) is -1.64. The Morgan fingerprint density at radius 3 is 2.21 bits per heavy atom. The molecule has 1 saturated heterocycles. The molecular formula is C28H27ClN4O4S. The number of nitrogens with one attached hydrogen (secondary N) is 1. The summed E-state index contributed by atoms with van der Waals surface area (Å²) in [6, 6.07) is 16.2. The van der Waals surface area contributed by atoms with Gasteiger partial charge in [0.25, 0.3) is 11.7 Å². The number of sulfonamides is 1. The lowest BCUT2D eigenvalue weighted by atomic mass is 9.87. The quantitative estimate of drug-likeness (QED) is 0.499. The topological polar surface area (TPSA) is 90.0 Å². The minimum absolute atomic E-state index is 0.240. The molecule has 1 amide bonds. The van der Waals surface area contributed by atoms with Gasteiger partial charge in [0.2, 0.25) is 10.0 Å². The van der Waals surface area contributed by atoms with Crippen molar-refractivity contribution in [3.63, 3.8) is 0 Å². The molecule has 0 saturated carbocycles. The van der Waals surface area contributed by atoms with Crippen molar-refractivity contribution in [3.05, 3.63) is 76.3 Å². The second-order valence-electron chi connectivity index (χ2n) is 9.97. The standard InChI is InChI=1S/C28H27ClN4O4S/c1-31-11-10-22-23(16-24-26(25(22)17-31)30-28(35)27(24)34)18-2-8-21(9-3-18)38(36,37)33-14-12-32(13-15-33)20-6-4-19(29)5-7-20/h2-9,16H,10-15,17H2,1H3,(H,30,34,35). The highest BCUT2D eigenvalue weighted by molar-refractivity contribution is 7.89. The van der Waals surface area contributed by atoms with Crippen molar-refractivity contribution >= 4 is 44.7 Å². The Kier molecular flexibility index (Phi) is 6.26. The fourth-order valence-corrected chi connectivity index (χ4v) is 7.11. The van der Waals surface area contributed by atoms with E-state index in [1.165, 1.54) is 4.31 Å². The molecule has 8 nitrogen and oxygen atoms in total. The van der Waals surface area contributed by atoms with Crippen LogP contribution in [-0.2, 0) is 27.8 Å². The van der Waals surface area contributed by atoms with Crippen molar-refractivity contribution in [3.8, 4) is 11.1 Å². The summed E-state index contributed by atoms with van der Waals surface area (Å²) in [5, 5.41) is 3.42. The van der Waals surface area contributed by atoms with Gasteiger partial charge in [-0.3, -0.25) is 9.59 Å². The lowest BCUT2D eigenvalue weighted by Crippen LogP contribution is -2.48. The zero-order valence-electron chi connectivity index (χ0n) is 20.9. The average molecular weight is 551 g/mol. The van der Waals surface area contributed by atoms with Gasteiger partial charge >= 0.3 is 0 Å². The number of benzene rings is 3. The molecular weight excluding hydrogens is 524 g/mol. The molecule has 1 fully saturated rings. The van der Waals surface area contributed by atoms with Crippen molar-refractivity contribution in [1.29, 1.82) is 0 Å². The highest BCUT2D eigenvalue weighted by atomic mass is 35.5. The normalized spacial score (nSPS) is 18.3. The molecule has 10 heteroatoms. The van der Waals surface area contributed by atoms with Crippen LogP contribution in [0.3, 0.4) is 0 Å². The Morgan fingerprint density at radius 2 is 1.53 bits per heavy atom. The van der Waals surface area contributed by atoms with Crippen molar-refractivity contribution in [2.24, 2.45) is 0 Å². The number of hydrogen-bond acceptors (Lipinski definition) is 6. The number of anilines is 2. The number of carbonyl (C=O) groups is 2. The van der Waals surface area contributed by atoms with Gasteiger partial charge in [-0.25, -0.2) is 8.42 Å². The zero-order chi connectivity index (χ0) is 26.6. The van der Waals surface area contributed by atoms with Gasteiger partial charge in [0.05, 0.1) is 16.1 Å². The molecule has 0 atom stereocenters. The first-order valence-electron chi connectivity index (χ1n) is 12.6. The predicted octanol–water partition coefficient (Wildman–Crippen LogP) is 3.64. The van der Waals surface area contributed by atoms with Crippen LogP contribution in [0.4, 0.5) is 11.4 Å². The molecule has 0 radical (unpaired) electrons. The molecule has 3 aliphatic heterocycles. The summed E-state index contributed by atoms with van der Waals surface area (Å²) in [6.07, 6.45) is 0.774. The van der Waals surface area contributed by atoms with E-state index in [-0.39, 0.29) is 4.90 Å².